The zero-order valence-corrected chi connectivity index (χ0v) is 14.1. The minimum atomic E-state index is -3.17. The van der Waals surface area contributed by atoms with Gasteiger partial charge in [0.05, 0.1) is 11.4 Å². The Hall–Kier alpha value is -1.88. The molecule has 0 N–H and O–H groups in total. The zero-order chi connectivity index (χ0) is 16.6. The first-order chi connectivity index (χ1) is 10.9. The van der Waals surface area contributed by atoms with Gasteiger partial charge >= 0.3 is 0 Å². The molecule has 0 aliphatic carbocycles. The third kappa shape index (κ3) is 3.24. The van der Waals surface area contributed by atoms with Crippen molar-refractivity contribution in [3.63, 3.8) is 0 Å². The number of rotatable bonds is 3. The molecule has 0 unspecified atom stereocenters. The molecule has 0 aromatic heterocycles. The second-order valence-electron chi connectivity index (χ2n) is 6.22. The Morgan fingerprint density at radius 2 is 1.74 bits per heavy atom. The fraction of sp³-hybridized carbons (Fsp3) is 0.333. The van der Waals surface area contributed by atoms with Crippen LogP contribution in [0.4, 0.5) is 10.1 Å². The van der Waals surface area contributed by atoms with Crippen LogP contribution < -0.4 is 4.31 Å². The van der Waals surface area contributed by atoms with Crippen LogP contribution >= 0.6 is 0 Å². The molecule has 2 aromatic rings. The summed E-state index contributed by atoms with van der Waals surface area (Å²) in [6.07, 6.45) is 0.658. The SMILES string of the molecule is CC(C)c1cc(F)cc(-c2ccc(N3CCCS3(=O)=O)cc2)c1. The Bertz CT molecular complexity index is 813. The second kappa shape index (κ2) is 5.96. The van der Waals surface area contributed by atoms with Crippen LogP contribution in [0.15, 0.2) is 42.5 Å². The third-order valence-electron chi connectivity index (χ3n) is 4.17. The normalized spacial score (nSPS) is 17.0. The first-order valence-electron chi connectivity index (χ1n) is 7.78. The van der Waals surface area contributed by atoms with Gasteiger partial charge in [-0.25, -0.2) is 12.8 Å². The van der Waals surface area contributed by atoms with Gasteiger partial charge in [-0.2, -0.15) is 0 Å². The van der Waals surface area contributed by atoms with E-state index >= 15 is 0 Å². The summed E-state index contributed by atoms with van der Waals surface area (Å²) in [6, 6.07) is 12.3. The van der Waals surface area contributed by atoms with E-state index in [4.69, 9.17) is 0 Å². The van der Waals surface area contributed by atoms with Crippen LogP contribution in [-0.2, 0) is 10.0 Å². The number of hydrogen-bond donors (Lipinski definition) is 0. The highest BCUT2D eigenvalue weighted by Crippen LogP contribution is 2.29. The molecule has 0 atom stereocenters. The van der Waals surface area contributed by atoms with Gasteiger partial charge in [0.15, 0.2) is 0 Å². The van der Waals surface area contributed by atoms with Gasteiger partial charge in [-0.15, -0.1) is 0 Å². The Kier molecular flexibility index (Phi) is 4.15. The molecule has 1 aliphatic heterocycles. The molecule has 0 saturated carbocycles. The topological polar surface area (TPSA) is 37.4 Å². The molecule has 0 bridgehead atoms. The highest BCUT2D eigenvalue weighted by Gasteiger charge is 2.28. The van der Waals surface area contributed by atoms with Crippen LogP contribution in [0.25, 0.3) is 11.1 Å². The molecule has 3 rings (SSSR count). The van der Waals surface area contributed by atoms with Crippen molar-refractivity contribution < 1.29 is 12.8 Å². The van der Waals surface area contributed by atoms with Crippen molar-refractivity contribution in [2.24, 2.45) is 0 Å². The summed E-state index contributed by atoms with van der Waals surface area (Å²) in [7, 11) is -3.17. The van der Waals surface area contributed by atoms with E-state index in [9.17, 15) is 12.8 Å². The molecule has 122 valence electrons. The average Bonchev–Trinajstić information content (AvgIpc) is 2.86. The maximum atomic E-state index is 13.8. The van der Waals surface area contributed by atoms with Crippen LogP contribution in [0, 0.1) is 5.82 Å². The fourth-order valence-electron chi connectivity index (χ4n) is 2.86. The summed E-state index contributed by atoms with van der Waals surface area (Å²) in [5.41, 5.74) is 3.31. The van der Waals surface area contributed by atoms with Crippen molar-refractivity contribution in [2.45, 2.75) is 26.2 Å². The van der Waals surface area contributed by atoms with Crippen molar-refractivity contribution in [3.8, 4) is 11.1 Å². The molecule has 5 heteroatoms. The van der Waals surface area contributed by atoms with Gasteiger partial charge in [0, 0.05) is 6.54 Å². The van der Waals surface area contributed by atoms with E-state index in [-0.39, 0.29) is 17.5 Å². The summed E-state index contributed by atoms with van der Waals surface area (Å²) in [5, 5.41) is 0. The van der Waals surface area contributed by atoms with Crippen molar-refractivity contribution in [1.82, 2.24) is 0 Å². The van der Waals surface area contributed by atoms with Gasteiger partial charge in [0.2, 0.25) is 10.0 Å². The smallest absolute Gasteiger partial charge is 0.235 e. The lowest BCUT2D eigenvalue weighted by molar-refractivity contribution is 0.599. The molecular weight excluding hydrogens is 313 g/mol. The van der Waals surface area contributed by atoms with Gasteiger partial charge in [-0.05, 0) is 53.3 Å². The Morgan fingerprint density at radius 1 is 1.04 bits per heavy atom. The Labute approximate surface area is 136 Å². The first-order valence-corrected chi connectivity index (χ1v) is 9.39. The number of benzene rings is 2. The summed E-state index contributed by atoms with van der Waals surface area (Å²) in [5.74, 6) is 0.201. The maximum absolute atomic E-state index is 13.8. The van der Waals surface area contributed by atoms with Crippen LogP contribution in [0.1, 0.15) is 31.7 Å². The number of anilines is 1. The van der Waals surface area contributed by atoms with E-state index in [1.807, 2.05) is 32.0 Å². The van der Waals surface area contributed by atoms with Crippen molar-refractivity contribution in [2.75, 3.05) is 16.6 Å². The summed E-state index contributed by atoms with van der Waals surface area (Å²) in [6.45, 7) is 4.58. The van der Waals surface area contributed by atoms with Crippen LogP contribution in [0.2, 0.25) is 0 Å². The van der Waals surface area contributed by atoms with Crippen LogP contribution in [-0.4, -0.2) is 20.7 Å². The van der Waals surface area contributed by atoms with Gasteiger partial charge in [-0.1, -0.05) is 32.0 Å². The molecule has 1 aliphatic rings. The molecule has 0 spiro atoms. The molecular formula is C18H20FNO2S. The minimum absolute atomic E-state index is 0.205. The van der Waals surface area contributed by atoms with E-state index in [1.54, 1.807) is 18.2 Å². The standard InChI is InChI=1S/C18H20FNO2S/c1-13(2)15-10-16(12-17(19)11-15)14-4-6-18(7-5-14)20-8-3-9-23(20,21)22/h4-7,10-13H,3,8-9H2,1-2H3. The van der Waals surface area contributed by atoms with Gasteiger partial charge < -0.3 is 0 Å². The van der Waals surface area contributed by atoms with Gasteiger partial charge in [0.1, 0.15) is 5.82 Å². The van der Waals surface area contributed by atoms with Crippen LogP contribution in [0.3, 0.4) is 0 Å². The lowest BCUT2D eigenvalue weighted by Gasteiger charge is -2.17. The molecule has 23 heavy (non-hydrogen) atoms. The average molecular weight is 333 g/mol. The number of halogens is 1. The molecule has 0 radical (unpaired) electrons. The van der Waals surface area contributed by atoms with Gasteiger partial charge in [-0.3, -0.25) is 4.31 Å². The van der Waals surface area contributed by atoms with Crippen molar-refractivity contribution >= 4 is 15.7 Å². The largest absolute Gasteiger partial charge is 0.270 e. The van der Waals surface area contributed by atoms with E-state index < -0.39 is 10.0 Å². The number of hydrogen-bond acceptors (Lipinski definition) is 2. The predicted octanol–water partition coefficient (Wildman–Crippen LogP) is 4.16. The highest BCUT2D eigenvalue weighted by molar-refractivity contribution is 7.93. The monoisotopic (exact) mass is 333 g/mol. The molecule has 0 amide bonds. The summed E-state index contributed by atoms with van der Waals surface area (Å²) >= 11 is 0. The summed E-state index contributed by atoms with van der Waals surface area (Å²) in [4.78, 5) is 0. The van der Waals surface area contributed by atoms with Crippen LogP contribution in [0.5, 0.6) is 0 Å². The quantitative estimate of drug-likeness (QED) is 0.846. The Balaban J connectivity index is 1.94. The molecule has 1 fully saturated rings. The third-order valence-corrected chi connectivity index (χ3v) is 6.04. The summed E-state index contributed by atoms with van der Waals surface area (Å²) < 4.78 is 39.2. The van der Waals surface area contributed by atoms with E-state index in [2.05, 4.69) is 0 Å². The Morgan fingerprint density at radius 3 is 2.30 bits per heavy atom. The number of sulfonamides is 1. The van der Waals surface area contributed by atoms with Crippen molar-refractivity contribution in [1.29, 1.82) is 0 Å². The first kappa shape index (κ1) is 16.0. The lowest BCUT2D eigenvalue weighted by atomic mass is 9.97. The van der Waals surface area contributed by atoms with E-state index in [0.29, 0.717) is 18.7 Å². The van der Waals surface area contributed by atoms with Crippen molar-refractivity contribution in [3.05, 3.63) is 53.8 Å². The minimum Gasteiger partial charge on any atom is -0.270 e. The highest BCUT2D eigenvalue weighted by atomic mass is 32.2. The molecule has 2 aromatic carbocycles. The maximum Gasteiger partial charge on any atom is 0.235 e. The number of nitrogens with zero attached hydrogens (tertiary/aromatic N) is 1. The fourth-order valence-corrected chi connectivity index (χ4v) is 4.43. The van der Waals surface area contributed by atoms with E-state index in [1.165, 1.54) is 10.4 Å². The molecule has 1 heterocycles. The second-order valence-corrected chi connectivity index (χ2v) is 8.23. The molecule has 1 saturated heterocycles. The molecule has 3 nitrogen and oxygen atoms in total. The predicted molar refractivity (Wildman–Crippen MR) is 91.7 cm³/mol. The lowest BCUT2D eigenvalue weighted by Crippen LogP contribution is -2.24. The van der Waals surface area contributed by atoms with Gasteiger partial charge in [0.25, 0.3) is 0 Å². The van der Waals surface area contributed by atoms with E-state index in [0.717, 1.165) is 16.7 Å². The zero-order valence-electron chi connectivity index (χ0n) is 13.3.